The fourth-order valence-electron chi connectivity index (χ4n) is 3.85. The van der Waals surface area contributed by atoms with E-state index in [1.807, 2.05) is 0 Å². The minimum atomic E-state index is -6.02. The van der Waals surface area contributed by atoms with Crippen molar-refractivity contribution in [2.75, 3.05) is 6.61 Å². The second kappa shape index (κ2) is 8.17. The van der Waals surface area contributed by atoms with Gasteiger partial charge in [0.1, 0.15) is 11.1 Å². The Balaban J connectivity index is 1.50. The molecule has 1 saturated carbocycles. The molecular formula is C19H17F3O10S. The maximum absolute atomic E-state index is 13.6. The third-order valence-corrected chi connectivity index (χ3v) is 6.53. The van der Waals surface area contributed by atoms with E-state index in [1.54, 1.807) is 0 Å². The maximum atomic E-state index is 13.6. The summed E-state index contributed by atoms with van der Waals surface area (Å²) < 4.78 is 90.1. The first-order chi connectivity index (χ1) is 15.4. The molecule has 0 saturated heterocycles. The average Bonchev–Trinajstić information content (AvgIpc) is 3.37. The zero-order valence-electron chi connectivity index (χ0n) is 16.8. The van der Waals surface area contributed by atoms with Crippen LogP contribution in [0, 0.1) is 5.92 Å². The molecule has 1 aliphatic heterocycles. The highest BCUT2D eigenvalue weighted by Crippen LogP contribution is 2.52. The van der Waals surface area contributed by atoms with Crippen LogP contribution >= 0.6 is 0 Å². The largest absolute Gasteiger partial charge is 0.462 e. The van der Waals surface area contributed by atoms with E-state index >= 15 is 0 Å². The van der Waals surface area contributed by atoms with Crippen LogP contribution in [0.1, 0.15) is 59.2 Å². The quantitative estimate of drug-likeness (QED) is 0.329. The van der Waals surface area contributed by atoms with Crippen LogP contribution in [-0.2, 0) is 19.6 Å². The normalized spacial score (nSPS) is 17.9. The first kappa shape index (κ1) is 23.3. The van der Waals surface area contributed by atoms with Crippen molar-refractivity contribution in [3.63, 3.8) is 0 Å². The van der Waals surface area contributed by atoms with Gasteiger partial charge in [-0.15, -0.1) is 0 Å². The van der Waals surface area contributed by atoms with Gasteiger partial charge in [0, 0.05) is 6.42 Å². The molecule has 33 heavy (non-hydrogen) atoms. The predicted octanol–water partition coefficient (Wildman–Crippen LogP) is 3.25. The number of carbonyl (C=O) groups excluding carboxylic acids is 3. The Bertz CT molecular complexity index is 1210. The molecule has 1 atom stereocenters. The van der Waals surface area contributed by atoms with Crippen LogP contribution in [0.5, 0.6) is 11.5 Å². The van der Waals surface area contributed by atoms with Gasteiger partial charge in [-0.2, -0.15) is 17.2 Å². The van der Waals surface area contributed by atoms with Crippen molar-refractivity contribution in [3.8, 4) is 11.5 Å². The second-order valence-corrected chi connectivity index (χ2v) is 9.24. The molecule has 0 aromatic carbocycles. The lowest BCUT2D eigenvalue weighted by atomic mass is 9.89. The SMILES string of the molecule is O=C1Oc2c(OC(=O)C3CCCCC3)c3oc2c1c3C(=O)OCCC(F)C(F)(F)S(=O)(=O)O. The number of furan rings is 2. The molecule has 1 aliphatic carbocycles. The molecule has 4 rings (SSSR count). The monoisotopic (exact) mass is 494 g/mol. The van der Waals surface area contributed by atoms with Gasteiger partial charge in [0.15, 0.2) is 17.3 Å². The molecule has 1 fully saturated rings. The van der Waals surface area contributed by atoms with Gasteiger partial charge in [0.05, 0.1) is 12.5 Å². The smallest absolute Gasteiger partial charge is 0.400 e. The summed E-state index contributed by atoms with van der Waals surface area (Å²) in [7, 11) is -6.02. The average molecular weight is 494 g/mol. The van der Waals surface area contributed by atoms with Crippen LogP contribution in [0.15, 0.2) is 4.42 Å². The lowest BCUT2D eigenvalue weighted by Gasteiger charge is -2.19. The summed E-state index contributed by atoms with van der Waals surface area (Å²) in [4.78, 5) is 37.1. The van der Waals surface area contributed by atoms with Crippen molar-refractivity contribution in [1.29, 1.82) is 0 Å². The van der Waals surface area contributed by atoms with Crippen LogP contribution < -0.4 is 9.47 Å². The summed E-state index contributed by atoms with van der Waals surface area (Å²) in [6, 6.07) is 0. The van der Waals surface area contributed by atoms with Crippen molar-refractivity contribution in [1.82, 2.24) is 0 Å². The number of halogens is 3. The van der Waals surface area contributed by atoms with Gasteiger partial charge in [-0.05, 0) is 12.8 Å². The molecule has 2 bridgehead atoms. The number of fused-ring (bicyclic) bond motifs is 1. The maximum Gasteiger partial charge on any atom is 0.400 e. The van der Waals surface area contributed by atoms with Crippen LogP contribution in [0.2, 0.25) is 0 Å². The molecule has 3 heterocycles. The van der Waals surface area contributed by atoms with Crippen molar-refractivity contribution < 1.29 is 59.2 Å². The summed E-state index contributed by atoms with van der Waals surface area (Å²) in [5.74, 6) is -3.70. The molecule has 0 spiro atoms. The molecule has 14 heteroatoms. The Morgan fingerprint density at radius 2 is 1.85 bits per heavy atom. The molecule has 180 valence electrons. The van der Waals surface area contributed by atoms with Gasteiger partial charge in [-0.25, -0.2) is 14.0 Å². The highest BCUT2D eigenvalue weighted by atomic mass is 32.2. The Kier molecular flexibility index (Phi) is 5.76. The van der Waals surface area contributed by atoms with Gasteiger partial charge in [0.2, 0.25) is 11.5 Å². The lowest BCUT2D eigenvalue weighted by Crippen LogP contribution is -2.39. The number of hydrogen-bond donors (Lipinski definition) is 1. The number of ether oxygens (including phenoxy) is 3. The van der Waals surface area contributed by atoms with Crippen molar-refractivity contribution in [3.05, 3.63) is 11.1 Å². The highest BCUT2D eigenvalue weighted by molar-refractivity contribution is 7.86. The standard InChI is InChI=1S/C19H17F3O10S/c20-9(19(21,22)33(26,27)28)6-7-29-17(24)10-11-13-15(32-18(11)25)14(12(10)30-13)31-16(23)8-4-2-1-3-5-8/h8-9H,1-7H2,(H,26,27,28). The predicted molar refractivity (Wildman–Crippen MR) is 101 cm³/mol. The molecule has 2 aliphatic rings. The van der Waals surface area contributed by atoms with E-state index in [-0.39, 0.29) is 34.1 Å². The van der Waals surface area contributed by atoms with Gasteiger partial charge < -0.3 is 18.6 Å². The summed E-state index contributed by atoms with van der Waals surface area (Å²) >= 11 is 0. The van der Waals surface area contributed by atoms with Gasteiger partial charge in [0.25, 0.3) is 0 Å². The molecule has 0 radical (unpaired) electrons. The summed E-state index contributed by atoms with van der Waals surface area (Å²) in [5.41, 5.74) is -1.29. The topological polar surface area (TPSA) is 146 Å². The zero-order chi connectivity index (χ0) is 24.1. The molecule has 1 unspecified atom stereocenters. The first-order valence-corrected chi connectivity index (χ1v) is 11.4. The van der Waals surface area contributed by atoms with Gasteiger partial charge in [-0.1, -0.05) is 19.3 Å². The first-order valence-electron chi connectivity index (χ1n) is 9.95. The van der Waals surface area contributed by atoms with Crippen molar-refractivity contribution in [2.24, 2.45) is 5.92 Å². The number of hydrogen-bond acceptors (Lipinski definition) is 9. The Hall–Kier alpha value is -2.87. The number of benzene rings is 1. The minimum Gasteiger partial charge on any atom is -0.462 e. The number of esters is 3. The summed E-state index contributed by atoms with van der Waals surface area (Å²) in [6.45, 7) is -1.02. The summed E-state index contributed by atoms with van der Waals surface area (Å²) in [6.07, 6.45) is -0.733. The molecule has 1 N–H and O–H groups in total. The molecule has 2 aromatic heterocycles. The van der Waals surface area contributed by atoms with E-state index in [2.05, 4.69) is 0 Å². The number of carbonyl (C=O) groups is 3. The third kappa shape index (κ3) is 3.90. The number of alkyl halides is 3. The van der Waals surface area contributed by atoms with E-state index in [0.29, 0.717) is 12.8 Å². The van der Waals surface area contributed by atoms with Crippen LogP contribution in [-0.4, -0.2) is 48.9 Å². The fraction of sp³-hybridized carbons (Fsp3) is 0.526. The van der Waals surface area contributed by atoms with E-state index < -0.39 is 58.0 Å². The molecule has 0 amide bonds. The molecule has 2 aromatic rings. The van der Waals surface area contributed by atoms with Crippen LogP contribution in [0.4, 0.5) is 13.2 Å². The van der Waals surface area contributed by atoms with Crippen molar-refractivity contribution >= 4 is 39.2 Å². The third-order valence-electron chi connectivity index (χ3n) is 5.58. The summed E-state index contributed by atoms with van der Waals surface area (Å²) in [5, 5.41) is -5.10. The van der Waals surface area contributed by atoms with E-state index in [1.165, 1.54) is 0 Å². The Morgan fingerprint density at radius 3 is 2.48 bits per heavy atom. The molecule has 10 nitrogen and oxygen atoms in total. The van der Waals surface area contributed by atoms with Gasteiger partial charge in [-0.3, -0.25) is 9.35 Å². The molecular weight excluding hydrogens is 477 g/mol. The minimum absolute atomic E-state index is 0.158. The van der Waals surface area contributed by atoms with Gasteiger partial charge >= 0.3 is 33.3 Å². The highest BCUT2D eigenvalue weighted by Gasteiger charge is 2.52. The fourth-order valence-corrected chi connectivity index (χ4v) is 4.30. The van der Waals surface area contributed by atoms with Crippen LogP contribution in [0.3, 0.4) is 0 Å². The number of rotatable bonds is 8. The van der Waals surface area contributed by atoms with E-state index in [4.69, 9.17) is 23.2 Å². The Labute approximate surface area is 184 Å². The Morgan fingerprint density at radius 1 is 1.18 bits per heavy atom. The van der Waals surface area contributed by atoms with Crippen molar-refractivity contribution in [2.45, 2.75) is 50.0 Å². The van der Waals surface area contributed by atoms with E-state index in [0.717, 1.165) is 19.3 Å². The zero-order valence-corrected chi connectivity index (χ0v) is 17.6. The second-order valence-electron chi connectivity index (χ2n) is 7.74. The van der Waals surface area contributed by atoms with Crippen LogP contribution in [0.25, 0.3) is 11.2 Å². The lowest BCUT2D eigenvalue weighted by molar-refractivity contribution is -0.140. The van der Waals surface area contributed by atoms with E-state index in [9.17, 15) is 36.0 Å².